The van der Waals surface area contributed by atoms with Crippen molar-refractivity contribution in [3.63, 3.8) is 0 Å². The number of aryl methyl sites for hydroxylation is 1. The Hall–Kier alpha value is -2.17. The van der Waals surface area contributed by atoms with E-state index < -0.39 is 0 Å². The van der Waals surface area contributed by atoms with Gasteiger partial charge in [0.25, 0.3) is 5.91 Å². The van der Waals surface area contributed by atoms with Crippen LogP contribution in [-0.4, -0.2) is 37.0 Å². The minimum Gasteiger partial charge on any atom is -0.351 e. The molecule has 1 fully saturated rings. The van der Waals surface area contributed by atoms with Gasteiger partial charge in [-0.25, -0.2) is 0 Å². The average molecular weight is 407 g/mol. The molecule has 4 rings (SSSR count). The number of likely N-dealkylation sites (tertiary alicyclic amines) is 1. The third-order valence-corrected chi connectivity index (χ3v) is 7.00. The van der Waals surface area contributed by atoms with Crippen molar-refractivity contribution < 1.29 is 4.79 Å². The molecule has 3 nitrogen and oxygen atoms in total. The average Bonchev–Trinajstić information content (AvgIpc) is 3.38. The number of rotatable bonds is 8. The van der Waals surface area contributed by atoms with Gasteiger partial charge in [0.15, 0.2) is 0 Å². The molecule has 1 aliphatic heterocycles. The van der Waals surface area contributed by atoms with Crippen LogP contribution in [-0.2, 0) is 6.42 Å². The summed E-state index contributed by atoms with van der Waals surface area (Å²) in [7, 11) is 0. The molecule has 0 atom stereocenters. The summed E-state index contributed by atoms with van der Waals surface area (Å²) in [6, 6.07) is 17.0. The van der Waals surface area contributed by atoms with E-state index in [1.807, 2.05) is 0 Å². The van der Waals surface area contributed by atoms with Crippen molar-refractivity contribution in [2.45, 2.75) is 39.0 Å². The molecule has 0 aliphatic carbocycles. The van der Waals surface area contributed by atoms with Crippen molar-refractivity contribution in [1.82, 2.24) is 10.2 Å². The zero-order valence-electron chi connectivity index (χ0n) is 17.2. The normalized spacial score (nSPS) is 14.5. The van der Waals surface area contributed by atoms with Gasteiger partial charge in [-0.1, -0.05) is 48.0 Å². The summed E-state index contributed by atoms with van der Waals surface area (Å²) >= 11 is 1.62. The van der Waals surface area contributed by atoms with Crippen molar-refractivity contribution in [3.8, 4) is 0 Å². The molecule has 1 amide bonds. The molecule has 152 valence electrons. The molecule has 1 aromatic heterocycles. The Kier molecular flexibility index (Phi) is 6.63. The van der Waals surface area contributed by atoms with E-state index in [9.17, 15) is 4.79 Å². The van der Waals surface area contributed by atoms with E-state index >= 15 is 0 Å². The van der Waals surface area contributed by atoms with Crippen molar-refractivity contribution in [2.75, 3.05) is 26.2 Å². The van der Waals surface area contributed by atoms with Crippen LogP contribution in [0.3, 0.4) is 0 Å². The summed E-state index contributed by atoms with van der Waals surface area (Å²) < 4.78 is 1.19. The zero-order valence-corrected chi connectivity index (χ0v) is 18.1. The highest BCUT2D eigenvalue weighted by Crippen LogP contribution is 2.33. The van der Waals surface area contributed by atoms with Gasteiger partial charge in [0.2, 0.25) is 0 Å². The van der Waals surface area contributed by atoms with Crippen LogP contribution in [0.2, 0.25) is 0 Å². The fourth-order valence-corrected chi connectivity index (χ4v) is 5.25. The van der Waals surface area contributed by atoms with Gasteiger partial charge in [-0.05, 0) is 81.2 Å². The molecule has 1 saturated heterocycles. The van der Waals surface area contributed by atoms with Gasteiger partial charge in [-0.2, -0.15) is 0 Å². The molecule has 0 saturated carbocycles. The molecule has 0 unspecified atom stereocenters. The van der Waals surface area contributed by atoms with Crippen LogP contribution >= 0.6 is 11.3 Å². The highest BCUT2D eigenvalue weighted by atomic mass is 32.1. The third-order valence-electron chi connectivity index (χ3n) is 5.79. The number of fused-ring (bicyclic) bond motifs is 1. The monoisotopic (exact) mass is 406 g/mol. The maximum absolute atomic E-state index is 13.0. The van der Waals surface area contributed by atoms with Crippen LogP contribution in [0.15, 0.2) is 48.5 Å². The first-order valence-electron chi connectivity index (χ1n) is 10.8. The lowest BCUT2D eigenvalue weighted by molar-refractivity contribution is 0.0956. The molecule has 1 N–H and O–H groups in total. The highest BCUT2D eigenvalue weighted by molar-refractivity contribution is 7.21. The molecule has 1 aliphatic rings. The van der Waals surface area contributed by atoms with E-state index in [4.69, 9.17) is 0 Å². The van der Waals surface area contributed by atoms with E-state index in [0.717, 1.165) is 42.8 Å². The van der Waals surface area contributed by atoms with Gasteiger partial charge in [0, 0.05) is 11.2 Å². The first-order chi connectivity index (χ1) is 14.2. The number of nitrogens with one attached hydrogen (secondary N) is 1. The standard InChI is InChI=1S/C25H30N2OS/c1-19-10-12-20(13-11-19)18-22-21-8-2-3-9-23(21)29-24(22)25(28)26-14-4-5-15-27-16-6-7-17-27/h2-3,8-13H,4-7,14-18H2,1H3,(H,26,28). The van der Waals surface area contributed by atoms with Crippen molar-refractivity contribution in [2.24, 2.45) is 0 Å². The van der Waals surface area contributed by atoms with Gasteiger partial charge >= 0.3 is 0 Å². The number of thiophene rings is 1. The van der Waals surface area contributed by atoms with Gasteiger partial charge < -0.3 is 10.2 Å². The summed E-state index contributed by atoms with van der Waals surface area (Å²) in [5.41, 5.74) is 3.67. The second-order valence-electron chi connectivity index (χ2n) is 8.08. The SMILES string of the molecule is Cc1ccc(Cc2c(C(=O)NCCCCN3CCCC3)sc3ccccc23)cc1. The maximum Gasteiger partial charge on any atom is 0.261 e. The minimum absolute atomic E-state index is 0.0782. The number of carbonyl (C=O) groups excluding carboxylic acids is 1. The molecule has 3 aromatic rings. The topological polar surface area (TPSA) is 32.3 Å². The van der Waals surface area contributed by atoms with Crippen LogP contribution in [0.5, 0.6) is 0 Å². The summed E-state index contributed by atoms with van der Waals surface area (Å²) in [4.78, 5) is 16.4. The van der Waals surface area contributed by atoms with Gasteiger partial charge in [0.05, 0.1) is 4.88 Å². The molecular formula is C25H30N2OS. The van der Waals surface area contributed by atoms with Crippen LogP contribution in [0.4, 0.5) is 0 Å². The Balaban J connectivity index is 1.42. The first-order valence-corrected chi connectivity index (χ1v) is 11.6. The number of amides is 1. The first kappa shape index (κ1) is 20.1. The number of benzene rings is 2. The predicted octanol–water partition coefficient (Wildman–Crippen LogP) is 5.41. The summed E-state index contributed by atoms with van der Waals surface area (Å²) in [5, 5.41) is 4.38. The number of hydrogen-bond donors (Lipinski definition) is 1. The van der Waals surface area contributed by atoms with Gasteiger partial charge in [-0.3, -0.25) is 4.79 Å². The second-order valence-corrected chi connectivity index (χ2v) is 9.13. The number of carbonyl (C=O) groups is 1. The lowest BCUT2D eigenvalue weighted by atomic mass is 10.0. The summed E-state index contributed by atoms with van der Waals surface area (Å²) in [6.45, 7) is 6.52. The molecule has 2 aromatic carbocycles. The lowest BCUT2D eigenvalue weighted by Crippen LogP contribution is -2.26. The largest absolute Gasteiger partial charge is 0.351 e. The summed E-state index contributed by atoms with van der Waals surface area (Å²) in [6.07, 6.45) is 5.67. The van der Waals surface area contributed by atoms with Gasteiger partial charge in [0.1, 0.15) is 0 Å². The third kappa shape index (κ3) is 5.06. The van der Waals surface area contributed by atoms with E-state index in [2.05, 4.69) is 65.7 Å². The Morgan fingerprint density at radius 1 is 1.03 bits per heavy atom. The molecule has 0 spiro atoms. The predicted molar refractivity (Wildman–Crippen MR) is 123 cm³/mol. The molecular weight excluding hydrogens is 376 g/mol. The van der Waals surface area contributed by atoms with Crippen LogP contribution in [0, 0.1) is 6.92 Å². The van der Waals surface area contributed by atoms with E-state index in [-0.39, 0.29) is 5.91 Å². The van der Waals surface area contributed by atoms with Crippen LogP contribution < -0.4 is 5.32 Å². The minimum atomic E-state index is 0.0782. The summed E-state index contributed by atoms with van der Waals surface area (Å²) in [5.74, 6) is 0.0782. The quantitative estimate of drug-likeness (QED) is 0.508. The fraction of sp³-hybridized carbons (Fsp3) is 0.400. The molecule has 0 radical (unpaired) electrons. The Morgan fingerprint density at radius 3 is 2.59 bits per heavy atom. The zero-order chi connectivity index (χ0) is 20.1. The van der Waals surface area contributed by atoms with Crippen molar-refractivity contribution in [1.29, 1.82) is 0 Å². The maximum atomic E-state index is 13.0. The Morgan fingerprint density at radius 2 is 1.79 bits per heavy atom. The fourth-order valence-electron chi connectivity index (χ4n) is 4.12. The van der Waals surface area contributed by atoms with Crippen molar-refractivity contribution >= 4 is 27.3 Å². The number of unbranched alkanes of at least 4 members (excludes halogenated alkanes) is 1. The highest BCUT2D eigenvalue weighted by Gasteiger charge is 2.18. The lowest BCUT2D eigenvalue weighted by Gasteiger charge is -2.14. The number of hydrogen-bond acceptors (Lipinski definition) is 3. The molecule has 4 heteroatoms. The smallest absolute Gasteiger partial charge is 0.261 e. The molecule has 29 heavy (non-hydrogen) atoms. The Bertz CT molecular complexity index is 955. The second kappa shape index (κ2) is 9.55. The van der Waals surface area contributed by atoms with E-state index in [1.165, 1.54) is 47.1 Å². The number of nitrogens with zero attached hydrogens (tertiary/aromatic N) is 1. The van der Waals surface area contributed by atoms with Crippen LogP contribution in [0.1, 0.15) is 52.0 Å². The molecule has 2 heterocycles. The molecule has 0 bridgehead atoms. The Labute approximate surface area is 177 Å². The van der Waals surface area contributed by atoms with Crippen molar-refractivity contribution in [3.05, 3.63) is 70.1 Å². The van der Waals surface area contributed by atoms with E-state index in [1.54, 1.807) is 11.3 Å². The van der Waals surface area contributed by atoms with Gasteiger partial charge in [-0.15, -0.1) is 11.3 Å². The van der Waals surface area contributed by atoms with Crippen LogP contribution in [0.25, 0.3) is 10.1 Å². The van der Waals surface area contributed by atoms with E-state index in [0.29, 0.717) is 0 Å².